The Hall–Kier alpha value is -1.55. The molecule has 0 amide bonds. The number of ketones is 1. The molecular weight excluding hydrogens is 285 g/mol. The van der Waals surface area contributed by atoms with Gasteiger partial charge in [0.2, 0.25) is 0 Å². The minimum Gasteiger partial charge on any atom is -0.292 e. The van der Waals surface area contributed by atoms with E-state index in [0.717, 1.165) is 5.56 Å². The van der Waals surface area contributed by atoms with Gasteiger partial charge >= 0.3 is 0 Å². The highest BCUT2D eigenvalue weighted by molar-refractivity contribution is 9.10. The fraction of sp³-hybridized carbons (Fsp3) is 0.0769. The van der Waals surface area contributed by atoms with Gasteiger partial charge in [-0.15, -0.1) is 0 Å². The minimum absolute atomic E-state index is 0.0853. The van der Waals surface area contributed by atoms with Crippen molar-refractivity contribution in [3.8, 4) is 0 Å². The standard InChI is InChI=1S/C13H9BrFNO/c14-11-8-10(15)5-4-9(11)7-13(17)12-3-1-2-6-16-12/h1-6,8H,7H2. The number of hydrogen-bond donors (Lipinski definition) is 0. The molecule has 0 bridgehead atoms. The van der Waals surface area contributed by atoms with Crippen molar-refractivity contribution in [3.05, 3.63) is 64.1 Å². The molecule has 0 aliphatic carbocycles. The summed E-state index contributed by atoms with van der Waals surface area (Å²) in [5.41, 5.74) is 1.17. The Balaban J connectivity index is 2.19. The second-order valence-electron chi connectivity index (χ2n) is 3.55. The van der Waals surface area contributed by atoms with E-state index in [9.17, 15) is 9.18 Å². The van der Waals surface area contributed by atoms with E-state index >= 15 is 0 Å². The van der Waals surface area contributed by atoms with Crippen LogP contribution in [-0.4, -0.2) is 10.8 Å². The largest absolute Gasteiger partial charge is 0.292 e. The molecule has 1 aromatic carbocycles. The van der Waals surface area contributed by atoms with E-state index in [1.807, 2.05) is 0 Å². The van der Waals surface area contributed by atoms with Gasteiger partial charge < -0.3 is 0 Å². The smallest absolute Gasteiger partial charge is 0.185 e. The summed E-state index contributed by atoms with van der Waals surface area (Å²) in [6.07, 6.45) is 1.78. The van der Waals surface area contributed by atoms with Gasteiger partial charge in [0.15, 0.2) is 5.78 Å². The molecule has 0 saturated carbocycles. The van der Waals surface area contributed by atoms with Crippen molar-refractivity contribution in [1.82, 2.24) is 4.98 Å². The fourth-order valence-electron chi connectivity index (χ4n) is 1.46. The van der Waals surface area contributed by atoms with E-state index in [1.54, 1.807) is 30.5 Å². The fourth-order valence-corrected chi connectivity index (χ4v) is 1.95. The van der Waals surface area contributed by atoms with Crippen molar-refractivity contribution in [2.45, 2.75) is 6.42 Å². The van der Waals surface area contributed by atoms with Crippen LogP contribution in [0.25, 0.3) is 0 Å². The maximum absolute atomic E-state index is 12.9. The van der Waals surface area contributed by atoms with Gasteiger partial charge in [0, 0.05) is 17.1 Å². The number of hydrogen-bond acceptors (Lipinski definition) is 2. The Labute approximate surface area is 107 Å². The highest BCUT2D eigenvalue weighted by Gasteiger charge is 2.10. The Morgan fingerprint density at radius 3 is 2.76 bits per heavy atom. The van der Waals surface area contributed by atoms with Crippen LogP contribution < -0.4 is 0 Å². The van der Waals surface area contributed by atoms with Crippen molar-refractivity contribution in [2.75, 3.05) is 0 Å². The van der Waals surface area contributed by atoms with Crippen molar-refractivity contribution in [2.24, 2.45) is 0 Å². The lowest BCUT2D eigenvalue weighted by molar-refractivity contribution is 0.0988. The Kier molecular flexibility index (Phi) is 3.64. The van der Waals surface area contributed by atoms with E-state index in [4.69, 9.17) is 0 Å². The average molecular weight is 294 g/mol. The van der Waals surface area contributed by atoms with Crippen molar-refractivity contribution in [3.63, 3.8) is 0 Å². The maximum atomic E-state index is 12.9. The van der Waals surface area contributed by atoms with Crippen LogP contribution in [0.1, 0.15) is 16.1 Å². The first kappa shape index (κ1) is 11.9. The predicted octanol–water partition coefficient (Wildman–Crippen LogP) is 3.41. The van der Waals surface area contributed by atoms with E-state index in [1.165, 1.54) is 12.1 Å². The monoisotopic (exact) mass is 293 g/mol. The van der Waals surface area contributed by atoms with Gasteiger partial charge in [-0.3, -0.25) is 9.78 Å². The lowest BCUT2D eigenvalue weighted by atomic mass is 10.1. The third-order valence-electron chi connectivity index (χ3n) is 2.32. The zero-order valence-electron chi connectivity index (χ0n) is 8.86. The van der Waals surface area contributed by atoms with Crippen LogP contribution in [0.15, 0.2) is 47.1 Å². The molecule has 1 aromatic heterocycles. The van der Waals surface area contributed by atoms with E-state index in [-0.39, 0.29) is 18.0 Å². The molecule has 1 heterocycles. The summed E-state index contributed by atoms with van der Waals surface area (Å²) in [5, 5.41) is 0. The Bertz CT molecular complexity index is 542. The molecule has 0 aliphatic heterocycles. The molecular formula is C13H9BrFNO. The van der Waals surface area contributed by atoms with Gasteiger partial charge in [0.25, 0.3) is 0 Å². The summed E-state index contributed by atoms with van der Waals surface area (Å²) in [7, 11) is 0. The summed E-state index contributed by atoms with van der Waals surface area (Å²) in [4.78, 5) is 15.9. The van der Waals surface area contributed by atoms with Crippen molar-refractivity contribution >= 4 is 21.7 Å². The number of rotatable bonds is 3. The number of aromatic nitrogens is 1. The van der Waals surface area contributed by atoms with E-state index in [2.05, 4.69) is 20.9 Å². The summed E-state index contributed by atoms with van der Waals surface area (Å²) in [6.45, 7) is 0. The second kappa shape index (κ2) is 5.19. The number of carbonyl (C=O) groups excluding carboxylic acids is 1. The van der Waals surface area contributed by atoms with Crippen LogP contribution in [0.4, 0.5) is 4.39 Å². The molecule has 2 rings (SSSR count). The number of Topliss-reactive ketones (excluding diaryl/α,β-unsaturated/α-hetero) is 1. The van der Waals surface area contributed by atoms with Crippen LogP contribution >= 0.6 is 15.9 Å². The van der Waals surface area contributed by atoms with Gasteiger partial charge in [-0.25, -0.2) is 4.39 Å². The quantitative estimate of drug-likeness (QED) is 0.812. The number of benzene rings is 1. The topological polar surface area (TPSA) is 30.0 Å². The van der Waals surface area contributed by atoms with Gasteiger partial charge in [0.1, 0.15) is 11.5 Å². The predicted molar refractivity (Wildman–Crippen MR) is 66.4 cm³/mol. The molecule has 17 heavy (non-hydrogen) atoms. The number of pyridine rings is 1. The third-order valence-corrected chi connectivity index (χ3v) is 3.05. The Morgan fingerprint density at radius 2 is 2.12 bits per heavy atom. The van der Waals surface area contributed by atoms with Crippen LogP contribution in [0.2, 0.25) is 0 Å². The van der Waals surface area contributed by atoms with E-state index < -0.39 is 0 Å². The van der Waals surface area contributed by atoms with Crippen molar-refractivity contribution < 1.29 is 9.18 Å². The van der Waals surface area contributed by atoms with Crippen LogP contribution in [-0.2, 0) is 6.42 Å². The molecule has 0 saturated heterocycles. The first-order chi connectivity index (χ1) is 8.16. The summed E-state index contributed by atoms with van der Waals surface area (Å²) in [6, 6.07) is 9.47. The van der Waals surface area contributed by atoms with E-state index in [0.29, 0.717) is 10.2 Å². The lowest BCUT2D eigenvalue weighted by Gasteiger charge is -2.03. The average Bonchev–Trinajstić information content (AvgIpc) is 2.34. The summed E-state index contributed by atoms with van der Waals surface area (Å²) >= 11 is 3.24. The highest BCUT2D eigenvalue weighted by atomic mass is 79.9. The lowest BCUT2D eigenvalue weighted by Crippen LogP contribution is -2.06. The van der Waals surface area contributed by atoms with Crippen molar-refractivity contribution in [1.29, 1.82) is 0 Å². The number of carbonyl (C=O) groups is 1. The minimum atomic E-state index is -0.328. The molecule has 0 spiro atoms. The van der Waals surface area contributed by atoms with Gasteiger partial charge in [0.05, 0.1) is 0 Å². The molecule has 4 heteroatoms. The molecule has 0 atom stereocenters. The van der Waals surface area contributed by atoms with Gasteiger partial charge in [-0.05, 0) is 29.8 Å². The third kappa shape index (κ3) is 2.97. The van der Waals surface area contributed by atoms with Gasteiger partial charge in [-0.2, -0.15) is 0 Å². The SMILES string of the molecule is O=C(Cc1ccc(F)cc1Br)c1ccccn1. The van der Waals surface area contributed by atoms with Gasteiger partial charge in [-0.1, -0.05) is 28.1 Å². The molecule has 0 N–H and O–H groups in total. The molecule has 0 aliphatic rings. The zero-order valence-corrected chi connectivity index (χ0v) is 10.4. The summed E-state index contributed by atoms with van der Waals surface area (Å²) in [5.74, 6) is -0.413. The molecule has 2 aromatic rings. The van der Waals surface area contributed by atoms with Crippen LogP contribution in [0.3, 0.4) is 0 Å². The van der Waals surface area contributed by atoms with Crippen LogP contribution in [0.5, 0.6) is 0 Å². The first-order valence-electron chi connectivity index (χ1n) is 5.05. The molecule has 86 valence electrons. The van der Waals surface area contributed by atoms with Crippen LogP contribution in [0, 0.1) is 5.82 Å². The number of halogens is 2. The molecule has 0 radical (unpaired) electrons. The Morgan fingerprint density at radius 1 is 1.29 bits per heavy atom. The molecule has 0 unspecified atom stereocenters. The second-order valence-corrected chi connectivity index (χ2v) is 4.40. The molecule has 0 fully saturated rings. The highest BCUT2D eigenvalue weighted by Crippen LogP contribution is 2.19. The summed E-state index contributed by atoms with van der Waals surface area (Å²) < 4.78 is 13.5. The normalized spacial score (nSPS) is 10.2. The zero-order chi connectivity index (χ0) is 12.3. The maximum Gasteiger partial charge on any atom is 0.185 e. The molecule has 2 nitrogen and oxygen atoms in total. The number of nitrogens with zero attached hydrogens (tertiary/aromatic N) is 1. The first-order valence-corrected chi connectivity index (χ1v) is 5.84.